The monoisotopic (exact) mass is 312 g/mol. The van der Waals surface area contributed by atoms with Gasteiger partial charge in [-0.2, -0.15) is 11.3 Å². The molecule has 1 aromatic heterocycles. The minimum absolute atomic E-state index is 0.311. The highest BCUT2D eigenvalue weighted by molar-refractivity contribution is 7.99. The average Bonchev–Trinajstić information content (AvgIpc) is 2.93. The molecule has 102 valence electrons. The van der Waals surface area contributed by atoms with Crippen LogP contribution in [0.3, 0.4) is 0 Å². The van der Waals surface area contributed by atoms with Crippen LogP contribution in [-0.4, -0.2) is 29.8 Å². The van der Waals surface area contributed by atoms with Crippen molar-refractivity contribution >= 4 is 34.9 Å². The van der Waals surface area contributed by atoms with E-state index in [1.54, 1.807) is 35.2 Å². The number of benzene rings is 1. The quantitative estimate of drug-likeness (QED) is 0.579. The van der Waals surface area contributed by atoms with E-state index in [0.29, 0.717) is 5.75 Å². The smallest absolute Gasteiger partial charge is 0.115 e. The third kappa shape index (κ3) is 5.91. The molecule has 0 bridgehead atoms. The summed E-state index contributed by atoms with van der Waals surface area (Å²) < 4.78 is 5.59. The van der Waals surface area contributed by atoms with Gasteiger partial charge in [-0.3, -0.25) is 0 Å². The summed E-state index contributed by atoms with van der Waals surface area (Å²) in [7, 11) is 0. The molecule has 0 saturated heterocycles. The molecule has 0 amide bonds. The molecular formula is C14H16O2S3. The molecule has 19 heavy (non-hydrogen) atoms. The first-order chi connectivity index (χ1) is 9.34. The Hall–Kier alpha value is -0.620. The summed E-state index contributed by atoms with van der Waals surface area (Å²) in [5.41, 5.74) is 0. The minimum atomic E-state index is 0.311. The highest BCUT2D eigenvalue weighted by atomic mass is 32.2. The molecule has 1 aromatic carbocycles. The van der Waals surface area contributed by atoms with Crippen molar-refractivity contribution in [3.05, 3.63) is 41.1 Å². The van der Waals surface area contributed by atoms with Crippen LogP contribution >= 0.6 is 34.9 Å². The predicted molar refractivity (Wildman–Crippen MR) is 84.7 cm³/mol. The topological polar surface area (TPSA) is 29.5 Å². The van der Waals surface area contributed by atoms with Gasteiger partial charge in [0.25, 0.3) is 0 Å². The minimum Gasteiger partial charge on any atom is -0.508 e. The van der Waals surface area contributed by atoms with Crippen molar-refractivity contribution in [1.82, 2.24) is 0 Å². The van der Waals surface area contributed by atoms with Crippen LogP contribution in [0.5, 0.6) is 5.75 Å². The Morgan fingerprint density at radius 3 is 2.26 bits per heavy atom. The Labute approximate surface area is 126 Å². The van der Waals surface area contributed by atoms with Gasteiger partial charge in [-0.25, -0.2) is 0 Å². The predicted octanol–water partition coefficient (Wildman–Crippen LogP) is 4.35. The summed E-state index contributed by atoms with van der Waals surface area (Å²) in [6, 6.07) is 9.40. The van der Waals surface area contributed by atoms with Crippen LogP contribution < -0.4 is 0 Å². The van der Waals surface area contributed by atoms with Gasteiger partial charge in [0.2, 0.25) is 0 Å². The second-order valence-electron chi connectivity index (χ2n) is 3.76. The van der Waals surface area contributed by atoms with Gasteiger partial charge < -0.3 is 9.84 Å². The molecule has 5 heteroatoms. The molecule has 0 saturated carbocycles. The number of rotatable bonds is 8. The summed E-state index contributed by atoms with van der Waals surface area (Å²) in [4.78, 5) is 2.49. The van der Waals surface area contributed by atoms with E-state index in [4.69, 9.17) is 9.84 Å². The summed E-state index contributed by atoms with van der Waals surface area (Å²) in [5, 5.41) is 13.4. The zero-order valence-corrected chi connectivity index (χ0v) is 12.9. The summed E-state index contributed by atoms with van der Waals surface area (Å²) >= 11 is 5.30. The molecule has 0 spiro atoms. The van der Waals surface area contributed by atoms with Gasteiger partial charge in [0.1, 0.15) is 5.75 Å². The van der Waals surface area contributed by atoms with E-state index in [2.05, 4.69) is 16.8 Å². The van der Waals surface area contributed by atoms with Gasteiger partial charge in [0, 0.05) is 26.7 Å². The highest BCUT2D eigenvalue weighted by Crippen LogP contribution is 2.21. The molecule has 1 heterocycles. The van der Waals surface area contributed by atoms with Crippen LogP contribution in [0.4, 0.5) is 0 Å². The van der Waals surface area contributed by atoms with E-state index in [1.807, 2.05) is 23.9 Å². The molecule has 1 N–H and O–H groups in total. The number of thioether (sulfide) groups is 2. The Bertz CT molecular complexity index is 454. The molecule has 0 aliphatic carbocycles. The Balaban J connectivity index is 1.49. The third-order valence-electron chi connectivity index (χ3n) is 2.32. The van der Waals surface area contributed by atoms with Crippen molar-refractivity contribution in [2.75, 3.05) is 24.7 Å². The van der Waals surface area contributed by atoms with E-state index in [0.717, 1.165) is 29.6 Å². The maximum absolute atomic E-state index is 9.17. The zero-order chi connectivity index (χ0) is 13.3. The maximum atomic E-state index is 9.17. The first kappa shape index (κ1) is 14.8. The van der Waals surface area contributed by atoms with Crippen molar-refractivity contribution in [3.8, 4) is 5.75 Å². The van der Waals surface area contributed by atoms with Crippen molar-refractivity contribution in [2.45, 2.75) is 9.79 Å². The van der Waals surface area contributed by atoms with Crippen molar-refractivity contribution < 1.29 is 9.84 Å². The number of ether oxygens (including phenoxy) is 1. The lowest BCUT2D eigenvalue weighted by Gasteiger charge is -2.04. The number of thiophene rings is 1. The van der Waals surface area contributed by atoms with Crippen molar-refractivity contribution in [3.63, 3.8) is 0 Å². The lowest BCUT2D eigenvalue weighted by molar-refractivity contribution is 0.167. The maximum Gasteiger partial charge on any atom is 0.115 e. The first-order valence-electron chi connectivity index (χ1n) is 5.99. The van der Waals surface area contributed by atoms with Crippen LogP contribution in [-0.2, 0) is 4.74 Å². The number of aromatic hydroxyl groups is 1. The summed E-state index contributed by atoms with van der Waals surface area (Å²) in [6.45, 7) is 1.55. The van der Waals surface area contributed by atoms with Gasteiger partial charge in [0.15, 0.2) is 0 Å². The van der Waals surface area contributed by atoms with Crippen LogP contribution in [0.25, 0.3) is 0 Å². The average molecular weight is 312 g/mol. The molecule has 0 radical (unpaired) electrons. The lowest BCUT2D eigenvalue weighted by Crippen LogP contribution is -2.01. The molecular weight excluding hydrogens is 296 g/mol. The van der Waals surface area contributed by atoms with Gasteiger partial charge >= 0.3 is 0 Å². The largest absolute Gasteiger partial charge is 0.508 e. The SMILES string of the molecule is Oc1ccc(SCCOCCSc2ccsc2)cc1. The first-order valence-corrected chi connectivity index (χ1v) is 8.90. The Kier molecular flexibility index (Phi) is 6.64. The van der Waals surface area contributed by atoms with Crippen molar-refractivity contribution in [2.24, 2.45) is 0 Å². The third-order valence-corrected chi connectivity index (χ3v) is 5.09. The fraction of sp³-hybridized carbons (Fsp3) is 0.286. The highest BCUT2D eigenvalue weighted by Gasteiger charge is 1.96. The number of phenols is 1. The van der Waals surface area contributed by atoms with Crippen molar-refractivity contribution in [1.29, 1.82) is 0 Å². The molecule has 2 nitrogen and oxygen atoms in total. The second kappa shape index (κ2) is 8.53. The summed E-state index contributed by atoms with van der Waals surface area (Å²) in [6.07, 6.45) is 0. The molecule has 0 unspecified atom stereocenters. The number of phenolic OH excluding ortho intramolecular Hbond substituents is 1. The van der Waals surface area contributed by atoms with E-state index in [1.165, 1.54) is 4.90 Å². The van der Waals surface area contributed by atoms with Gasteiger partial charge in [-0.1, -0.05) is 0 Å². The molecule has 0 atom stereocenters. The molecule has 0 aliphatic rings. The fourth-order valence-electron chi connectivity index (χ4n) is 1.42. The number of hydrogen-bond acceptors (Lipinski definition) is 5. The molecule has 2 rings (SSSR count). The van der Waals surface area contributed by atoms with Crippen LogP contribution in [0.2, 0.25) is 0 Å². The van der Waals surface area contributed by atoms with Gasteiger partial charge in [-0.15, -0.1) is 23.5 Å². The van der Waals surface area contributed by atoms with E-state index >= 15 is 0 Å². The summed E-state index contributed by atoms with van der Waals surface area (Å²) in [5.74, 6) is 2.25. The van der Waals surface area contributed by atoms with E-state index < -0.39 is 0 Å². The van der Waals surface area contributed by atoms with E-state index in [9.17, 15) is 0 Å². The van der Waals surface area contributed by atoms with Crippen LogP contribution in [0.1, 0.15) is 0 Å². The molecule has 0 aliphatic heterocycles. The lowest BCUT2D eigenvalue weighted by atomic mass is 10.3. The number of hydrogen-bond donors (Lipinski definition) is 1. The van der Waals surface area contributed by atoms with Crippen LogP contribution in [0, 0.1) is 0 Å². The second-order valence-corrected chi connectivity index (χ2v) is 6.88. The Morgan fingerprint density at radius 1 is 0.947 bits per heavy atom. The molecule has 2 aromatic rings. The van der Waals surface area contributed by atoms with Gasteiger partial charge in [0.05, 0.1) is 13.2 Å². The van der Waals surface area contributed by atoms with Gasteiger partial charge in [-0.05, 0) is 35.7 Å². The Morgan fingerprint density at radius 2 is 1.63 bits per heavy atom. The fourth-order valence-corrected chi connectivity index (χ4v) is 3.82. The standard InChI is InChI=1S/C14H16O2S3/c15-12-1-3-13(4-2-12)18-9-6-16-7-10-19-14-5-8-17-11-14/h1-5,8,11,15H,6-7,9-10H2. The zero-order valence-electron chi connectivity index (χ0n) is 10.5. The van der Waals surface area contributed by atoms with Crippen LogP contribution in [0.15, 0.2) is 50.9 Å². The van der Waals surface area contributed by atoms with E-state index in [-0.39, 0.29) is 0 Å². The molecule has 0 fully saturated rings. The normalized spacial score (nSPS) is 10.7.